The van der Waals surface area contributed by atoms with Crippen LogP contribution in [0.15, 0.2) is 24.3 Å². The highest BCUT2D eigenvalue weighted by molar-refractivity contribution is 5.53. The first-order valence-electron chi connectivity index (χ1n) is 5.02. The lowest BCUT2D eigenvalue weighted by Crippen LogP contribution is -2.37. The smallest absolute Gasteiger partial charge is 0.0554 e. The van der Waals surface area contributed by atoms with Gasteiger partial charge in [0.15, 0.2) is 0 Å². The summed E-state index contributed by atoms with van der Waals surface area (Å²) in [6.07, 6.45) is 1.13. The molecule has 0 fully saturated rings. The lowest BCUT2D eigenvalue weighted by Gasteiger charge is -2.31. The molecule has 0 spiro atoms. The summed E-state index contributed by atoms with van der Waals surface area (Å²) in [7, 11) is 4.12. The second-order valence-corrected chi connectivity index (χ2v) is 3.60. The highest BCUT2D eigenvalue weighted by Crippen LogP contribution is 2.19. The van der Waals surface area contributed by atoms with E-state index in [0.29, 0.717) is 0 Å². The van der Waals surface area contributed by atoms with Crippen LogP contribution in [0.25, 0.3) is 0 Å². The molecule has 1 rings (SSSR count). The first kappa shape index (κ1) is 11.1. The molecule has 0 N–H and O–H groups in total. The molecule has 2 nitrogen and oxygen atoms in total. The molecule has 14 heavy (non-hydrogen) atoms. The second-order valence-electron chi connectivity index (χ2n) is 3.60. The summed E-state index contributed by atoms with van der Waals surface area (Å²) >= 11 is 0. The van der Waals surface area contributed by atoms with E-state index < -0.39 is 0 Å². The fourth-order valence-electron chi connectivity index (χ4n) is 1.51. The van der Waals surface area contributed by atoms with Crippen molar-refractivity contribution in [3.05, 3.63) is 36.8 Å². The van der Waals surface area contributed by atoms with E-state index in [9.17, 15) is 0 Å². The first-order valence-corrected chi connectivity index (χ1v) is 5.02. The Kier molecular flexibility index (Phi) is 3.96. The van der Waals surface area contributed by atoms with E-state index in [0.717, 1.165) is 18.5 Å². The van der Waals surface area contributed by atoms with Gasteiger partial charge in [0, 0.05) is 20.6 Å². The van der Waals surface area contributed by atoms with E-state index in [1.807, 2.05) is 12.1 Å². The Labute approximate surface area is 87.1 Å². The first-order chi connectivity index (χ1) is 6.66. The topological polar surface area (TPSA) is 6.48 Å². The molecule has 0 aliphatic carbocycles. The van der Waals surface area contributed by atoms with Crippen molar-refractivity contribution in [2.24, 2.45) is 0 Å². The zero-order valence-electron chi connectivity index (χ0n) is 9.33. The van der Waals surface area contributed by atoms with Gasteiger partial charge in [-0.1, -0.05) is 25.1 Å². The van der Waals surface area contributed by atoms with Crippen molar-refractivity contribution in [2.75, 3.05) is 25.6 Å². The maximum Gasteiger partial charge on any atom is 0.0554 e. The Bertz CT molecular complexity index is 281. The van der Waals surface area contributed by atoms with Crippen molar-refractivity contribution in [1.29, 1.82) is 0 Å². The number of hydrazine groups is 1. The zero-order chi connectivity index (χ0) is 10.6. The number of para-hydroxylation sites is 1. The van der Waals surface area contributed by atoms with Crippen LogP contribution in [0.3, 0.4) is 0 Å². The standard InChI is InChI=1S/C12H19N2/c1-5-10-14(13(3)4)12-9-7-6-8-11(12)2/h6-9H,2,5,10H2,1,3-4H3. The Balaban J connectivity index is 2.93. The average molecular weight is 191 g/mol. The van der Waals surface area contributed by atoms with Crippen LogP contribution in [0.4, 0.5) is 5.69 Å². The minimum atomic E-state index is 1.03. The van der Waals surface area contributed by atoms with Crippen LogP contribution >= 0.6 is 0 Å². The van der Waals surface area contributed by atoms with Crippen LogP contribution in [-0.2, 0) is 0 Å². The lowest BCUT2D eigenvalue weighted by atomic mass is 10.2. The monoisotopic (exact) mass is 191 g/mol. The normalized spacial score (nSPS) is 10.6. The highest BCUT2D eigenvalue weighted by atomic mass is 15.6. The van der Waals surface area contributed by atoms with Crippen molar-refractivity contribution in [2.45, 2.75) is 13.3 Å². The number of hydrogen-bond donors (Lipinski definition) is 0. The van der Waals surface area contributed by atoms with Gasteiger partial charge >= 0.3 is 0 Å². The largest absolute Gasteiger partial charge is 0.306 e. The van der Waals surface area contributed by atoms with Gasteiger partial charge < -0.3 is 5.01 Å². The number of anilines is 1. The third-order valence-electron chi connectivity index (χ3n) is 2.19. The van der Waals surface area contributed by atoms with Crippen LogP contribution in [-0.4, -0.2) is 25.6 Å². The van der Waals surface area contributed by atoms with E-state index in [1.165, 1.54) is 5.69 Å². The van der Waals surface area contributed by atoms with Crippen LogP contribution < -0.4 is 5.01 Å². The predicted octanol–water partition coefficient (Wildman–Crippen LogP) is 2.56. The lowest BCUT2D eigenvalue weighted by molar-refractivity contribution is 0.368. The molecular weight excluding hydrogens is 172 g/mol. The third kappa shape index (κ3) is 2.48. The SMILES string of the molecule is [CH2]c1ccccc1N(CCC)N(C)C. The fraction of sp³-hybridized carbons (Fsp3) is 0.417. The minimum Gasteiger partial charge on any atom is -0.306 e. The van der Waals surface area contributed by atoms with Gasteiger partial charge in [-0.2, -0.15) is 0 Å². The van der Waals surface area contributed by atoms with Crippen LogP contribution in [0.2, 0.25) is 0 Å². The van der Waals surface area contributed by atoms with Crippen molar-refractivity contribution < 1.29 is 0 Å². The summed E-state index contributed by atoms with van der Waals surface area (Å²) in [6.45, 7) is 7.25. The molecule has 1 aromatic rings. The van der Waals surface area contributed by atoms with Gasteiger partial charge in [-0.3, -0.25) is 0 Å². The average Bonchev–Trinajstić information content (AvgIpc) is 2.15. The molecular formula is C12H19N2. The summed E-state index contributed by atoms with van der Waals surface area (Å²) in [5, 5.41) is 4.34. The number of hydrogen-bond acceptors (Lipinski definition) is 2. The molecule has 0 unspecified atom stereocenters. The molecule has 2 heteroatoms. The predicted molar refractivity (Wildman–Crippen MR) is 62.2 cm³/mol. The Morgan fingerprint density at radius 2 is 1.86 bits per heavy atom. The summed E-state index contributed by atoms with van der Waals surface area (Å²) in [5.41, 5.74) is 2.27. The molecule has 1 aromatic carbocycles. The van der Waals surface area contributed by atoms with Crippen molar-refractivity contribution >= 4 is 5.69 Å². The summed E-state index contributed by atoms with van der Waals surface area (Å²) in [4.78, 5) is 0. The highest BCUT2D eigenvalue weighted by Gasteiger charge is 2.09. The van der Waals surface area contributed by atoms with E-state index in [2.05, 4.69) is 50.1 Å². The van der Waals surface area contributed by atoms with E-state index in [4.69, 9.17) is 0 Å². The molecule has 1 radical (unpaired) electrons. The quantitative estimate of drug-likeness (QED) is 0.675. The van der Waals surface area contributed by atoms with Crippen LogP contribution in [0.1, 0.15) is 18.9 Å². The molecule has 0 amide bonds. The molecule has 0 saturated heterocycles. The summed E-state index contributed by atoms with van der Waals surface area (Å²) < 4.78 is 0. The van der Waals surface area contributed by atoms with Crippen molar-refractivity contribution in [3.63, 3.8) is 0 Å². The number of rotatable bonds is 4. The maximum atomic E-state index is 4.04. The van der Waals surface area contributed by atoms with Gasteiger partial charge in [-0.05, 0) is 25.0 Å². The Morgan fingerprint density at radius 1 is 1.21 bits per heavy atom. The molecule has 0 aliphatic rings. The molecule has 0 aromatic heterocycles. The van der Waals surface area contributed by atoms with Crippen LogP contribution in [0, 0.1) is 6.92 Å². The van der Waals surface area contributed by atoms with Gasteiger partial charge in [-0.25, -0.2) is 5.01 Å². The Hall–Kier alpha value is -1.02. The third-order valence-corrected chi connectivity index (χ3v) is 2.19. The molecule has 0 saturated carbocycles. The molecule has 0 bridgehead atoms. The van der Waals surface area contributed by atoms with E-state index in [-0.39, 0.29) is 0 Å². The summed E-state index contributed by atoms with van der Waals surface area (Å²) in [5.74, 6) is 0. The number of benzene rings is 1. The van der Waals surface area contributed by atoms with Gasteiger partial charge in [0.25, 0.3) is 0 Å². The minimum absolute atomic E-state index is 1.03. The molecule has 0 atom stereocenters. The zero-order valence-corrected chi connectivity index (χ0v) is 9.33. The van der Waals surface area contributed by atoms with Crippen LogP contribution in [0.5, 0.6) is 0 Å². The number of nitrogens with zero attached hydrogens (tertiary/aromatic N) is 2. The van der Waals surface area contributed by atoms with Gasteiger partial charge in [0.05, 0.1) is 5.69 Å². The Morgan fingerprint density at radius 3 is 2.36 bits per heavy atom. The van der Waals surface area contributed by atoms with Gasteiger partial charge in [0.2, 0.25) is 0 Å². The molecule has 0 heterocycles. The second kappa shape index (κ2) is 5.01. The summed E-state index contributed by atoms with van der Waals surface area (Å²) in [6, 6.07) is 8.22. The van der Waals surface area contributed by atoms with Crippen molar-refractivity contribution in [3.8, 4) is 0 Å². The molecule has 0 aliphatic heterocycles. The fourth-order valence-corrected chi connectivity index (χ4v) is 1.51. The van der Waals surface area contributed by atoms with Crippen molar-refractivity contribution in [1.82, 2.24) is 5.01 Å². The van der Waals surface area contributed by atoms with Gasteiger partial charge in [-0.15, -0.1) is 0 Å². The molecule has 77 valence electrons. The van der Waals surface area contributed by atoms with Gasteiger partial charge in [0.1, 0.15) is 0 Å². The van der Waals surface area contributed by atoms with E-state index >= 15 is 0 Å². The van der Waals surface area contributed by atoms with E-state index in [1.54, 1.807) is 0 Å². The maximum absolute atomic E-state index is 4.04.